The van der Waals surface area contributed by atoms with Gasteiger partial charge in [0.1, 0.15) is 0 Å². The van der Waals surface area contributed by atoms with E-state index < -0.39 is 11.6 Å². The first kappa shape index (κ1) is 12.8. The van der Waals surface area contributed by atoms with Gasteiger partial charge in [0, 0.05) is 15.4 Å². The van der Waals surface area contributed by atoms with Gasteiger partial charge in [0.2, 0.25) is 0 Å². The molecule has 0 radical (unpaired) electrons. The van der Waals surface area contributed by atoms with Crippen molar-refractivity contribution in [2.24, 2.45) is 0 Å². The van der Waals surface area contributed by atoms with E-state index in [1.807, 2.05) is 0 Å². The van der Waals surface area contributed by atoms with E-state index in [2.05, 4.69) is 0 Å². The predicted octanol–water partition coefficient (Wildman–Crippen LogP) is 4.32. The van der Waals surface area contributed by atoms with Gasteiger partial charge in [-0.25, -0.2) is 8.78 Å². The fourth-order valence-electron chi connectivity index (χ4n) is 1.51. The summed E-state index contributed by atoms with van der Waals surface area (Å²) in [6.45, 7) is 1.48. The van der Waals surface area contributed by atoms with Crippen LogP contribution in [-0.2, 0) is 0 Å². The first-order chi connectivity index (χ1) is 8.58. The predicted molar refractivity (Wildman–Crippen MR) is 66.9 cm³/mol. The van der Waals surface area contributed by atoms with Crippen LogP contribution in [0.4, 0.5) is 8.78 Å². The molecule has 0 aromatic heterocycles. The monoisotopic (exact) mass is 264 g/mol. The molecule has 0 saturated heterocycles. The molecule has 0 unspecified atom stereocenters. The molecule has 0 N–H and O–H groups in total. The van der Waals surface area contributed by atoms with Crippen molar-refractivity contribution in [3.05, 3.63) is 59.7 Å². The number of hydrogen-bond acceptors (Lipinski definition) is 2. The Kier molecular flexibility index (Phi) is 3.77. The fourth-order valence-corrected chi connectivity index (χ4v) is 2.53. The van der Waals surface area contributed by atoms with Crippen molar-refractivity contribution >= 4 is 17.5 Å². The van der Waals surface area contributed by atoms with Crippen LogP contribution in [0.15, 0.2) is 52.3 Å². The average molecular weight is 264 g/mol. The molecule has 1 nitrogen and oxygen atoms in total. The van der Waals surface area contributed by atoms with Gasteiger partial charge in [0.05, 0.1) is 0 Å². The Bertz CT molecular complexity index is 596. The summed E-state index contributed by atoms with van der Waals surface area (Å²) in [5.74, 6) is -1.82. The van der Waals surface area contributed by atoms with Crippen molar-refractivity contribution in [2.45, 2.75) is 16.7 Å². The summed E-state index contributed by atoms with van der Waals surface area (Å²) >= 11 is 1.24. The summed E-state index contributed by atoms with van der Waals surface area (Å²) in [6.07, 6.45) is 0. The molecule has 0 fully saturated rings. The van der Waals surface area contributed by atoms with Crippen LogP contribution in [0.3, 0.4) is 0 Å². The molecule has 0 heterocycles. The summed E-state index contributed by atoms with van der Waals surface area (Å²) < 4.78 is 25.9. The lowest BCUT2D eigenvalue weighted by Gasteiger charge is -2.06. The summed E-state index contributed by atoms with van der Waals surface area (Å²) in [5.41, 5.74) is 0.576. The molecule has 2 rings (SSSR count). The SMILES string of the molecule is CC(=O)c1ccccc1Sc1ccc(F)c(F)c1. The zero-order valence-electron chi connectivity index (χ0n) is 9.61. The fraction of sp³-hybridized carbons (Fsp3) is 0.0714. The van der Waals surface area contributed by atoms with Gasteiger partial charge in [-0.3, -0.25) is 4.79 Å². The summed E-state index contributed by atoms with van der Waals surface area (Å²) in [7, 11) is 0. The number of hydrogen-bond donors (Lipinski definition) is 0. The molecule has 2 aromatic carbocycles. The van der Waals surface area contributed by atoms with Crippen LogP contribution in [0.2, 0.25) is 0 Å². The standard InChI is InChI=1S/C14H10F2OS/c1-9(17)11-4-2-3-5-14(11)18-10-6-7-12(15)13(16)8-10/h2-8H,1H3. The summed E-state index contributed by atoms with van der Waals surface area (Å²) in [6, 6.07) is 10.7. The average Bonchev–Trinajstić information content (AvgIpc) is 2.34. The molecular weight excluding hydrogens is 254 g/mol. The molecule has 0 amide bonds. The Morgan fingerprint density at radius 2 is 1.78 bits per heavy atom. The van der Waals surface area contributed by atoms with Gasteiger partial charge in [0.15, 0.2) is 17.4 Å². The molecule has 4 heteroatoms. The lowest BCUT2D eigenvalue weighted by atomic mass is 10.1. The van der Waals surface area contributed by atoms with Gasteiger partial charge in [-0.1, -0.05) is 30.0 Å². The zero-order chi connectivity index (χ0) is 13.1. The van der Waals surface area contributed by atoms with Crippen LogP contribution in [0.5, 0.6) is 0 Å². The van der Waals surface area contributed by atoms with Gasteiger partial charge in [-0.05, 0) is 31.2 Å². The highest BCUT2D eigenvalue weighted by Gasteiger charge is 2.09. The maximum atomic E-state index is 13.1. The topological polar surface area (TPSA) is 17.1 Å². The minimum absolute atomic E-state index is 0.0549. The van der Waals surface area contributed by atoms with Crippen molar-refractivity contribution in [1.29, 1.82) is 0 Å². The molecule has 0 aliphatic heterocycles. The first-order valence-corrected chi connectivity index (χ1v) is 6.12. The van der Waals surface area contributed by atoms with E-state index in [1.54, 1.807) is 24.3 Å². The van der Waals surface area contributed by atoms with Gasteiger partial charge >= 0.3 is 0 Å². The van der Waals surface area contributed by atoms with E-state index in [4.69, 9.17) is 0 Å². The second kappa shape index (κ2) is 5.31. The van der Waals surface area contributed by atoms with E-state index in [0.717, 1.165) is 17.0 Å². The van der Waals surface area contributed by atoms with Crippen molar-refractivity contribution in [1.82, 2.24) is 0 Å². The second-order valence-electron chi connectivity index (χ2n) is 3.73. The number of carbonyl (C=O) groups excluding carboxylic acids is 1. The largest absolute Gasteiger partial charge is 0.294 e. The molecule has 0 bridgehead atoms. The Labute approximate surface area is 108 Å². The van der Waals surface area contributed by atoms with Gasteiger partial charge in [-0.15, -0.1) is 0 Å². The third-order valence-corrected chi connectivity index (χ3v) is 3.45. The quantitative estimate of drug-likeness (QED) is 0.768. The molecule has 2 aromatic rings. The van der Waals surface area contributed by atoms with Crippen LogP contribution in [-0.4, -0.2) is 5.78 Å². The van der Waals surface area contributed by atoms with Crippen LogP contribution >= 0.6 is 11.8 Å². The zero-order valence-corrected chi connectivity index (χ0v) is 10.4. The smallest absolute Gasteiger partial charge is 0.160 e. The Balaban J connectivity index is 2.34. The van der Waals surface area contributed by atoms with E-state index in [1.165, 1.54) is 24.8 Å². The highest BCUT2D eigenvalue weighted by atomic mass is 32.2. The highest BCUT2D eigenvalue weighted by Crippen LogP contribution is 2.31. The number of benzene rings is 2. The molecule has 0 aliphatic rings. The normalized spacial score (nSPS) is 10.4. The Morgan fingerprint density at radius 3 is 2.44 bits per heavy atom. The molecule has 0 saturated carbocycles. The summed E-state index contributed by atoms with van der Waals surface area (Å²) in [5, 5.41) is 0. The van der Waals surface area contributed by atoms with Crippen LogP contribution in [0, 0.1) is 11.6 Å². The van der Waals surface area contributed by atoms with Crippen molar-refractivity contribution in [3.8, 4) is 0 Å². The molecule has 0 atom stereocenters. The van der Waals surface area contributed by atoms with Crippen LogP contribution in [0.1, 0.15) is 17.3 Å². The molecule has 92 valence electrons. The van der Waals surface area contributed by atoms with Gasteiger partial charge in [-0.2, -0.15) is 0 Å². The molecule has 0 aliphatic carbocycles. The number of carbonyl (C=O) groups is 1. The Morgan fingerprint density at radius 1 is 1.06 bits per heavy atom. The van der Waals surface area contributed by atoms with Crippen molar-refractivity contribution in [2.75, 3.05) is 0 Å². The molecule has 18 heavy (non-hydrogen) atoms. The maximum absolute atomic E-state index is 13.1. The second-order valence-corrected chi connectivity index (χ2v) is 4.85. The van der Waals surface area contributed by atoms with E-state index in [9.17, 15) is 13.6 Å². The number of rotatable bonds is 3. The van der Waals surface area contributed by atoms with E-state index in [0.29, 0.717) is 10.5 Å². The lowest BCUT2D eigenvalue weighted by Crippen LogP contribution is -1.94. The first-order valence-electron chi connectivity index (χ1n) is 5.31. The van der Waals surface area contributed by atoms with Crippen molar-refractivity contribution < 1.29 is 13.6 Å². The van der Waals surface area contributed by atoms with Crippen LogP contribution in [0.25, 0.3) is 0 Å². The maximum Gasteiger partial charge on any atom is 0.160 e. The lowest BCUT2D eigenvalue weighted by molar-refractivity contribution is 0.101. The third-order valence-electron chi connectivity index (χ3n) is 2.39. The number of Topliss-reactive ketones (excluding diaryl/α,β-unsaturated/α-hetero) is 1. The van der Waals surface area contributed by atoms with Gasteiger partial charge < -0.3 is 0 Å². The highest BCUT2D eigenvalue weighted by molar-refractivity contribution is 7.99. The number of ketones is 1. The van der Waals surface area contributed by atoms with E-state index >= 15 is 0 Å². The van der Waals surface area contributed by atoms with Crippen molar-refractivity contribution in [3.63, 3.8) is 0 Å². The summed E-state index contributed by atoms with van der Waals surface area (Å²) in [4.78, 5) is 12.7. The molecular formula is C14H10F2OS. The van der Waals surface area contributed by atoms with Gasteiger partial charge in [0.25, 0.3) is 0 Å². The van der Waals surface area contributed by atoms with Crippen LogP contribution < -0.4 is 0 Å². The third kappa shape index (κ3) is 2.76. The number of halogens is 2. The van der Waals surface area contributed by atoms with E-state index in [-0.39, 0.29) is 5.78 Å². The minimum atomic E-state index is -0.889. The minimum Gasteiger partial charge on any atom is -0.294 e. The molecule has 0 spiro atoms. The Hall–Kier alpha value is -1.68.